The molecule has 0 radical (unpaired) electrons. The number of hydrogen-bond acceptors (Lipinski definition) is 2. The minimum Gasteiger partial charge on any atom is -0.397 e. The van der Waals surface area contributed by atoms with Crippen molar-refractivity contribution in [1.29, 1.82) is 0 Å². The molecule has 1 unspecified atom stereocenters. The van der Waals surface area contributed by atoms with Gasteiger partial charge in [0.15, 0.2) is 0 Å². The molecule has 17 heavy (non-hydrogen) atoms. The maximum atomic E-state index is 11.9. The van der Waals surface area contributed by atoms with E-state index in [9.17, 15) is 4.79 Å². The van der Waals surface area contributed by atoms with Crippen LogP contribution in [0.4, 0.5) is 11.4 Å². The number of carbonyl (C=O) groups is 1. The molecule has 2 N–H and O–H groups in total. The monoisotopic (exact) mass is 360 g/mol. The zero-order valence-electron chi connectivity index (χ0n) is 9.54. The Kier molecular flexibility index (Phi) is 3.78. The van der Waals surface area contributed by atoms with E-state index in [0.29, 0.717) is 18.0 Å². The van der Waals surface area contributed by atoms with E-state index in [0.717, 1.165) is 27.6 Å². The molecule has 0 aliphatic carbocycles. The van der Waals surface area contributed by atoms with Crippen LogP contribution in [0.3, 0.4) is 0 Å². The van der Waals surface area contributed by atoms with Crippen molar-refractivity contribution in [2.75, 3.05) is 22.5 Å². The fraction of sp³-hybridized carbons (Fsp3) is 0.417. The van der Waals surface area contributed by atoms with E-state index in [4.69, 9.17) is 5.73 Å². The molecule has 1 fully saturated rings. The molecule has 1 heterocycles. The minimum atomic E-state index is 0.155. The Balaban J connectivity index is 2.35. The van der Waals surface area contributed by atoms with E-state index >= 15 is 0 Å². The standard InChI is InChI=1S/C12H14Br2N2O/c1-7-2-11(10(15)4-9(7)14)16-6-8(5-13)3-12(16)17/h2,4,8H,3,5-6,15H2,1H3. The molecule has 3 nitrogen and oxygen atoms in total. The van der Waals surface area contributed by atoms with Crippen molar-refractivity contribution in [2.45, 2.75) is 13.3 Å². The highest BCUT2D eigenvalue weighted by Crippen LogP contribution is 2.34. The van der Waals surface area contributed by atoms with Crippen LogP contribution in [0.5, 0.6) is 0 Å². The lowest BCUT2D eigenvalue weighted by Gasteiger charge is -2.19. The summed E-state index contributed by atoms with van der Waals surface area (Å²) in [5.41, 5.74) is 8.55. The second-order valence-corrected chi connectivity index (χ2v) is 5.89. The number of aryl methyl sites for hydroxylation is 1. The van der Waals surface area contributed by atoms with Crippen LogP contribution in [0.15, 0.2) is 16.6 Å². The van der Waals surface area contributed by atoms with Crippen molar-refractivity contribution >= 4 is 49.1 Å². The molecule has 92 valence electrons. The first-order chi connectivity index (χ1) is 8.02. The van der Waals surface area contributed by atoms with Gasteiger partial charge in [-0.3, -0.25) is 4.79 Å². The summed E-state index contributed by atoms with van der Waals surface area (Å²) in [6.07, 6.45) is 0.597. The number of nitrogens with zero attached hydrogens (tertiary/aromatic N) is 1. The van der Waals surface area contributed by atoms with Gasteiger partial charge in [-0.25, -0.2) is 0 Å². The summed E-state index contributed by atoms with van der Waals surface area (Å²) in [7, 11) is 0. The highest BCUT2D eigenvalue weighted by Gasteiger charge is 2.30. The summed E-state index contributed by atoms with van der Waals surface area (Å²) in [6.45, 7) is 2.74. The number of anilines is 2. The van der Waals surface area contributed by atoms with E-state index in [1.165, 1.54) is 0 Å². The van der Waals surface area contributed by atoms with Gasteiger partial charge in [-0.2, -0.15) is 0 Å². The van der Waals surface area contributed by atoms with Crippen LogP contribution in [0.25, 0.3) is 0 Å². The number of benzene rings is 1. The van der Waals surface area contributed by atoms with Gasteiger partial charge < -0.3 is 10.6 Å². The van der Waals surface area contributed by atoms with Crippen LogP contribution < -0.4 is 10.6 Å². The summed E-state index contributed by atoms with van der Waals surface area (Å²) in [5, 5.41) is 0.852. The van der Waals surface area contributed by atoms with Crippen molar-refractivity contribution in [1.82, 2.24) is 0 Å². The van der Waals surface area contributed by atoms with E-state index < -0.39 is 0 Å². The van der Waals surface area contributed by atoms with Crippen molar-refractivity contribution < 1.29 is 4.79 Å². The molecule has 1 atom stereocenters. The molecule has 0 saturated carbocycles. The zero-order valence-corrected chi connectivity index (χ0v) is 12.7. The minimum absolute atomic E-state index is 0.155. The Morgan fingerprint density at radius 2 is 2.24 bits per heavy atom. The summed E-state index contributed by atoms with van der Waals surface area (Å²) in [5.74, 6) is 0.536. The Morgan fingerprint density at radius 3 is 2.82 bits per heavy atom. The first kappa shape index (κ1) is 12.9. The molecule has 0 bridgehead atoms. The fourth-order valence-corrected chi connectivity index (χ4v) is 2.83. The SMILES string of the molecule is Cc1cc(N2CC(CBr)CC2=O)c(N)cc1Br. The first-order valence-corrected chi connectivity index (χ1v) is 7.36. The van der Waals surface area contributed by atoms with E-state index in [1.54, 1.807) is 4.90 Å². The molecule has 5 heteroatoms. The van der Waals surface area contributed by atoms with Crippen LogP contribution in [0.1, 0.15) is 12.0 Å². The predicted octanol–water partition coefficient (Wildman–Crippen LogP) is 3.09. The lowest BCUT2D eigenvalue weighted by atomic mass is 10.1. The van der Waals surface area contributed by atoms with Crippen molar-refractivity contribution in [2.24, 2.45) is 5.92 Å². The fourth-order valence-electron chi connectivity index (χ4n) is 2.03. The largest absolute Gasteiger partial charge is 0.397 e. The number of nitrogen functional groups attached to an aromatic ring is 1. The van der Waals surface area contributed by atoms with Crippen LogP contribution in [-0.4, -0.2) is 17.8 Å². The molecule has 2 rings (SSSR count). The Hall–Kier alpha value is -0.550. The number of nitrogens with two attached hydrogens (primary N) is 1. The van der Waals surface area contributed by atoms with Crippen molar-refractivity contribution in [3.05, 3.63) is 22.2 Å². The molecular formula is C12H14Br2N2O. The van der Waals surface area contributed by atoms with E-state index in [2.05, 4.69) is 31.9 Å². The highest BCUT2D eigenvalue weighted by atomic mass is 79.9. The Labute approximate surface area is 118 Å². The number of rotatable bonds is 2. The third-order valence-corrected chi connectivity index (χ3v) is 4.79. The molecule has 1 aromatic rings. The average Bonchev–Trinajstić information content (AvgIpc) is 2.65. The summed E-state index contributed by atoms with van der Waals surface area (Å²) in [4.78, 5) is 13.7. The zero-order chi connectivity index (χ0) is 12.6. The summed E-state index contributed by atoms with van der Waals surface area (Å²) >= 11 is 6.87. The summed E-state index contributed by atoms with van der Waals surface area (Å²) in [6, 6.07) is 3.83. The molecule has 1 aliphatic rings. The van der Waals surface area contributed by atoms with Crippen molar-refractivity contribution in [3.63, 3.8) is 0 Å². The molecular weight excluding hydrogens is 348 g/mol. The van der Waals surface area contributed by atoms with Gasteiger partial charge >= 0.3 is 0 Å². The maximum absolute atomic E-state index is 11.9. The van der Waals surface area contributed by atoms with E-state index in [-0.39, 0.29) is 5.91 Å². The van der Waals surface area contributed by atoms with Crippen LogP contribution >= 0.6 is 31.9 Å². The van der Waals surface area contributed by atoms with Gasteiger partial charge in [0.1, 0.15) is 0 Å². The molecule has 1 aliphatic heterocycles. The average molecular weight is 362 g/mol. The number of carbonyl (C=O) groups excluding carboxylic acids is 1. The van der Waals surface area contributed by atoms with Gasteiger partial charge in [0, 0.05) is 22.8 Å². The highest BCUT2D eigenvalue weighted by molar-refractivity contribution is 9.10. The summed E-state index contributed by atoms with van der Waals surface area (Å²) < 4.78 is 0.974. The first-order valence-electron chi connectivity index (χ1n) is 5.45. The quantitative estimate of drug-likeness (QED) is 0.649. The molecule has 1 amide bonds. The van der Waals surface area contributed by atoms with Crippen LogP contribution in [-0.2, 0) is 4.79 Å². The van der Waals surface area contributed by atoms with E-state index in [1.807, 2.05) is 19.1 Å². The third-order valence-electron chi connectivity index (χ3n) is 3.02. The second-order valence-electron chi connectivity index (χ2n) is 4.39. The molecule has 0 aromatic heterocycles. The van der Waals surface area contributed by atoms with Crippen LogP contribution in [0, 0.1) is 12.8 Å². The molecule has 1 aromatic carbocycles. The lowest BCUT2D eigenvalue weighted by Crippen LogP contribution is -2.25. The number of halogens is 2. The molecule has 0 spiro atoms. The predicted molar refractivity (Wildman–Crippen MR) is 77.5 cm³/mol. The number of hydrogen-bond donors (Lipinski definition) is 1. The topological polar surface area (TPSA) is 46.3 Å². The van der Waals surface area contributed by atoms with Gasteiger partial charge in [-0.15, -0.1) is 0 Å². The Bertz CT molecular complexity index is 462. The van der Waals surface area contributed by atoms with Crippen LogP contribution in [0.2, 0.25) is 0 Å². The number of amides is 1. The third kappa shape index (κ3) is 2.50. The van der Waals surface area contributed by atoms with Gasteiger partial charge in [0.2, 0.25) is 5.91 Å². The lowest BCUT2D eigenvalue weighted by molar-refractivity contribution is -0.117. The maximum Gasteiger partial charge on any atom is 0.227 e. The Morgan fingerprint density at radius 1 is 1.53 bits per heavy atom. The van der Waals surface area contributed by atoms with Gasteiger partial charge in [0.05, 0.1) is 11.4 Å². The normalized spacial score (nSPS) is 20.1. The van der Waals surface area contributed by atoms with Crippen molar-refractivity contribution in [3.8, 4) is 0 Å². The van der Waals surface area contributed by atoms with Gasteiger partial charge in [0.25, 0.3) is 0 Å². The number of alkyl halides is 1. The second kappa shape index (κ2) is 4.98. The van der Waals surface area contributed by atoms with Gasteiger partial charge in [-0.1, -0.05) is 31.9 Å². The smallest absolute Gasteiger partial charge is 0.227 e. The van der Waals surface area contributed by atoms with Gasteiger partial charge in [-0.05, 0) is 30.5 Å². The molecule has 1 saturated heterocycles.